The summed E-state index contributed by atoms with van der Waals surface area (Å²) in [7, 11) is 1.77. The fourth-order valence-electron chi connectivity index (χ4n) is 3.37. The molecule has 0 amide bonds. The van der Waals surface area contributed by atoms with E-state index in [1.165, 1.54) is 32.1 Å². The lowest BCUT2D eigenvalue weighted by atomic mass is 9.71. The van der Waals surface area contributed by atoms with Gasteiger partial charge in [-0.1, -0.05) is 26.7 Å². The average molecular weight is 227 g/mol. The van der Waals surface area contributed by atoms with Crippen LogP contribution in [-0.2, 0) is 4.74 Å². The predicted molar refractivity (Wildman–Crippen MR) is 69.4 cm³/mol. The van der Waals surface area contributed by atoms with Crippen LogP contribution in [0.1, 0.15) is 58.8 Å². The first-order valence-corrected chi connectivity index (χ1v) is 6.85. The summed E-state index contributed by atoms with van der Waals surface area (Å²) >= 11 is 0. The predicted octanol–water partition coefficient (Wildman–Crippen LogP) is 3.35. The van der Waals surface area contributed by atoms with Gasteiger partial charge in [0, 0.05) is 19.8 Å². The molecule has 1 aliphatic carbocycles. The molecule has 0 aromatic rings. The Morgan fingerprint density at radius 2 is 1.88 bits per heavy atom. The van der Waals surface area contributed by atoms with Gasteiger partial charge >= 0.3 is 0 Å². The standard InChI is InChI=1S/C14H29NO/c1-12(2)11-14(8-4-5-9-14)13(15)7-6-10-16-3/h12-13H,4-11,15H2,1-3H3. The summed E-state index contributed by atoms with van der Waals surface area (Å²) in [5, 5.41) is 0. The zero-order valence-electron chi connectivity index (χ0n) is 11.3. The number of ether oxygens (including phenoxy) is 1. The molecule has 1 atom stereocenters. The van der Waals surface area contributed by atoms with E-state index >= 15 is 0 Å². The molecular formula is C14H29NO. The van der Waals surface area contributed by atoms with Gasteiger partial charge in [-0.15, -0.1) is 0 Å². The molecule has 2 heteroatoms. The highest BCUT2D eigenvalue weighted by atomic mass is 16.5. The molecule has 1 saturated carbocycles. The maximum atomic E-state index is 6.45. The number of methoxy groups -OCH3 is 1. The molecule has 16 heavy (non-hydrogen) atoms. The van der Waals surface area contributed by atoms with Gasteiger partial charge in [-0.25, -0.2) is 0 Å². The topological polar surface area (TPSA) is 35.2 Å². The third-order valence-electron chi connectivity index (χ3n) is 4.06. The summed E-state index contributed by atoms with van der Waals surface area (Å²) in [6.07, 6.45) is 8.99. The van der Waals surface area contributed by atoms with E-state index in [1.54, 1.807) is 7.11 Å². The molecule has 0 aromatic carbocycles. The number of hydrogen-bond donors (Lipinski definition) is 1. The lowest BCUT2D eigenvalue weighted by molar-refractivity contribution is 0.150. The highest BCUT2D eigenvalue weighted by molar-refractivity contribution is 4.93. The molecule has 2 nitrogen and oxygen atoms in total. The number of rotatable bonds is 7. The molecule has 0 bridgehead atoms. The molecule has 0 heterocycles. The molecule has 1 fully saturated rings. The van der Waals surface area contributed by atoms with E-state index in [-0.39, 0.29) is 0 Å². The molecular weight excluding hydrogens is 198 g/mol. The van der Waals surface area contributed by atoms with E-state index in [2.05, 4.69) is 13.8 Å². The van der Waals surface area contributed by atoms with E-state index in [9.17, 15) is 0 Å². The van der Waals surface area contributed by atoms with E-state index in [1.807, 2.05) is 0 Å². The van der Waals surface area contributed by atoms with Crippen molar-refractivity contribution in [3.05, 3.63) is 0 Å². The van der Waals surface area contributed by atoms with Crippen LogP contribution in [0.4, 0.5) is 0 Å². The monoisotopic (exact) mass is 227 g/mol. The van der Waals surface area contributed by atoms with Gasteiger partial charge in [0.15, 0.2) is 0 Å². The maximum absolute atomic E-state index is 6.45. The van der Waals surface area contributed by atoms with E-state index in [4.69, 9.17) is 10.5 Å². The van der Waals surface area contributed by atoms with Gasteiger partial charge in [0.05, 0.1) is 0 Å². The van der Waals surface area contributed by atoms with E-state index in [0.29, 0.717) is 11.5 Å². The van der Waals surface area contributed by atoms with Crippen LogP contribution in [0.5, 0.6) is 0 Å². The third kappa shape index (κ3) is 3.74. The van der Waals surface area contributed by atoms with E-state index in [0.717, 1.165) is 25.4 Å². The smallest absolute Gasteiger partial charge is 0.0462 e. The molecule has 2 N–H and O–H groups in total. The van der Waals surface area contributed by atoms with Crippen LogP contribution in [0.15, 0.2) is 0 Å². The Bertz CT molecular complexity index is 185. The summed E-state index contributed by atoms with van der Waals surface area (Å²) in [5.41, 5.74) is 6.89. The highest BCUT2D eigenvalue weighted by Crippen LogP contribution is 2.46. The summed E-state index contributed by atoms with van der Waals surface area (Å²) < 4.78 is 5.11. The third-order valence-corrected chi connectivity index (χ3v) is 4.06. The minimum atomic E-state index is 0.382. The van der Waals surface area contributed by atoms with Crippen molar-refractivity contribution < 1.29 is 4.74 Å². The van der Waals surface area contributed by atoms with Crippen molar-refractivity contribution in [1.29, 1.82) is 0 Å². The first kappa shape index (κ1) is 14.0. The first-order chi connectivity index (χ1) is 7.60. The van der Waals surface area contributed by atoms with Crippen LogP contribution in [-0.4, -0.2) is 19.8 Å². The largest absolute Gasteiger partial charge is 0.385 e. The molecule has 0 radical (unpaired) electrons. The van der Waals surface area contributed by atoms with Gasteiger partial charge in [0.1, 0.15) is 0 Å². The Morgan fingerprint density at radius 3 is 2.38 bits per heavy atom. The second-order valence-corrected chi connectivity index (χ2v) is 5.91. The SMILES string of the molecule is COCCCC(N)C1(CC(C)C)CCCC1. The summed E-state index contributed by atoms with van der Waals surface area (Å²) in [4.78, 5) is 0. The van der Waals surface area contributed by atoms with Crippen molar-refractivity contribution in [2.24, 2.45) is 17.1 Å². The Labute approximate surface area is 101 Å². The average Bonchev–Trinajstić information content (AvgIpc) is 2.67. The Kier molecular flexibility index (Phi) is 5.77. The number of hydrogen-bond acceptors (Lipinski definition) is 2. The van der Waals surface area contributed by atoms with Crippen molar-refractivity contribution in [1.82, 2.24) is 0 Å². The fourth-order valence-corrected chi connectivity index (χ4v) is 3.37. The Balaban J connectivity index is 2.48. The zero-order chi connectivity index (χ0) is 12.0. The maximum Gasteiger partial charge on any atom is 0.0462 e. The molecule has 1 rings (SSSR count). The highest BCUT2D eigenvalue weighted by Gasteiger charge is 2.39. The van der Waals surface area contributed by atoms with Gasteiger partial charge in [-0.2, -0.15) is 0 Å². The van der Waals surface area contributed by atoms with Crippen LogP contribution in [0.25, 0.3) is 0 Å². The summed E-state index contributed by atoms with van der Waals surface area (Å²) in [5.74, 6) is 0.770. The first-order valence-electron chi connectivity index (χ1n) is 6.85. The van der Waals surface area contributed by atoms with Crippen molar-refractivity contribution in [2.45, 2.75) is 64.8 Å². The molecule has 0 spiro atoms. The fraction of sp³-hybridized carbons (Fsp3) is 1.00. The molecule has 0 aromatic heterocycles. The van der Waals surface area contributed by atoms with Crippen molar-refractivity contribution in [3.63, 3.8) is 0 Å². The molecule has 0 saturated heterocycles. The van der Waals surface area contributed by atoms with E-state index < -0.39 is 0 Å². The molecule has 96 valence electrons. The Morgan fingerprint density at radius 1 is 1.25 bits per heavy atom. The molecule has 1 aliphatic rings. The summed E-state index contributed by atoms with van der Waals surface area (Å²) in [6.45, 7) is 5.50. The van der Waals surface area contributed by atoms with Crippen LogP contribution >= 0.6 is 0 Å². The quantitative estimate of drug-likeness (QED) is 0.677. The van der Waals surface area contributed by atoms with Gasteiger partial charge < -0.3 is 10.5 Å². The lowest BCUT2D eigenvalue weighted by Crippen LogP contribution is -2.41. The van der Waals surface area contributed by atoms with Crippen molar-refractivity contribution in [2.75, 3.05) is 13.7 Å². The molecule has 0 aliphatic heterocycles. The van der Waals surface area contributed by atoms with Crippen LogP contribution in [0.2, 0.25) is 0 Å². The zero-order valence-corrected chi connectivity index (χ0v) is 11.3. The second kappa shape index (κ2) is 6.61. The molecule has 1 unspecified atom stereocenters. The normalized spacial score (nSPS) is 21.6. The second-order valence-electron chi connectivity index (χ2n) is 5.91. The van der Waals surface area contributed by atoms with Crippen molar-refractivity contribution >= 4 is 0 Å². The van der Waals surface area contributed by atoms with Crippen LogP contribution in [0, 0.1) is 11.3 Å². The lowest BCUT2D eigenvalue weighted by Gasteiger charge is -2.37. The van der Waals surface area contributed by atoms with Crippen LogP contribution in [0.3, 0.4) is 0 Å². The van der Waals surface area contributed by atoms with Crippen molar-refractivity contribution in [3.8, 4) is 0 Å². The van der Waals surface area contributed by atoms with Crippen LogP contribution < -0.4 is 5.73 Å². The minimum absolute atomic E-state index is 0.382. The minimum Gasteiger partial charge on any atom is -0.385 e. The van der Waals surface area contributed by atoms with Gasteiger partial charge in [0.25, 0.3) is 0 Å². The Hall–Kier alpha value is -0.0800. The van der Waals surface area contributed by atoms with Gasteiger partial charge in [-0.3, -0.25) is 0 Å². The van der Waals surface area contributed by atoms with Gasteiger partial charge in [-0.05, 0) is 43.4 Å². The summed E-state index contributed by atoms with van der Waals surface area (Å²) in [6, 6.07) is 0.382. The number of nitrogens with two attached hydrogens (primary N) is 1. The van der Waals surface area contributed by atoms with Gasteiger partial charge in [0.2, 0.25) is 0 Å².